The van der Waals surface area contributed by atoms with E-state index in [1.54, 1.807) is 25.9 Å². The van der Waals surface area contributed by atoms with Gasteiger partial charge in [-0.15, -0.1) is 0 Å². The summed E-state index contributed by atoms with van der Waals surface area (Å²) in [6, 6.07) is 0. The van der Waals surface area contributed by atoms with Gasteiger partial charge in [-0.05, 0) is 14.1 Å². The summed E-state index contributed by atoms with van der Waals surface area (Å²) in [7, 11) is 3.56. The van der Waals surface area contributed by atoms with Gasteiger partial charge in [0.2, 0.25) is 5.91 Å². The van der Waals surface area contributed by atoms with Crippen molar-refractivity contribution >= 4 is 11.9 Å². The van der Waals surface area contributed by atoms with Crippen LogP contribution in [0.3, 0.4) is 0 Å². The molecule has 0 fully saturated rings. The summed E-state index contributed by atoms with van der Waals surface area (Å²) in [5.41, 5.74) is 0. The highest BCUT2D eigenvalue weighted by molar-refractivity contribution is 5.78. The van der Waals surface area contributed by atoms with E-state index in [1.807, 2.05) is 0 Å². The van der Waals surface area contributed by atoms with Gasteiger partial charge in [0.15, 0.2) is 0 Å². The fourth-order valence-electron chi connectivity index (χ4n) is 0.697. The lowest BCUT2D eigenvalue weighted by atomic mass is 10.2. The second-order valence-electron chi connectivity index (χ2n) is 3.28. The molecule has 0 saturated heterocycles. The molecule has 13 heavy (non-hydrogen) atoms. The number of carboxylic acid groups (broad SMARTS) is 1. The summed E-state index contributed by atoms with van der Waals surface area (Å²) < 4.78 is 0. The number of hydrogen-bond acceptors (Lipinski definition) is 3. The Hall–Kier alpha value is -1.10. The van der Waals surface area contributed by atoms with Crippen LogP contribution in [0, 0.1) is 5.92 Å². The van der Waals surface area contributed by atoms with E-state index in [2.05, 4.69) is 5.32 Å². The summed E-state index contributed by atoms with van der Waals surface area (Å²) in [6.45, 7) is 2.02. The SMILES string of the molecule is CC(CNC(=O)CN(C)C)C(=O)O. The van der Waals surface area contributed by atoms with Crippen LogP contribution >= 0.6 is 0 Å². The molecule has 0 rings (SSSR count). The summed E-state index contributed by atoms with van der Waals surface area (Å²) in [5.74, 6) is -1.59. The summed E-state index contributed by atoms with van der Waals surface area (Å²) in [5, 5.41) is 11.0. The molecule has 1 amide bonds. The molecule has 1 atom stereocenters. The maximum atomic E-state index is 11.0. The topological polar surface area (TPSA) is 69.6 Å². The van der Waals surface area contributed by atoms with Crippen molar-refractivity contribution in [1.82, 2.24) is 10.2 Å². The number of rotatable bonds is 5. The minimum absolute atomic E-state index is 0.155. The van der Waals surface area contributed by atoms with Crippen LogP contribution in [-0.2, 0) is 9.59 Å². The molecule has 0 radical (unpaired) electrons. The zero-order valence-corrected chi connectivity index (χ0v) is 8.20. The Morgan fingerprint density at radius 3 is 2.38 bits per heavy atom. The molecule has 0 bridgehead atoms. The van der Waals surface area contributed by atoms with Crippen molar-refractivity contribution in [2.24, 2.45) is 5.92 Å². The normalized spacial score (nSPS) is 12.6. The molecule has 2 N–H and O–H groups in total. The van der Waals surface area contributed by atoms with E-state index >= 15 is 0 Å². The van der Waals surface area contributed by atoms with E-state index < -0.39 is 11.9 Å². The zero-order valence-electron chi connectivity index (χ0n) is 8.20. The van der Waals surface area contributed by atoms with Gasteiger partial charge in [0.1, 0.15) is 0 Å². The van der Waals surface area contributed by atoms with Crippen molar-refractivity contribution in [3.63, 3.8) is 0 Å². The Morgan fingerprint density at radius 2 is 2.00 bits per heavy atom. The molecule has 5 heteroatoms. The average Bonchev–Trinajstić information content (AvgIpc) is 1.98. The molecule has 0 aromatic rings. The lowest BCUT2D eigenvalue weighted by Gasteiger charge is -2.11. The number of nitrogens with one attached hydrogen (secondary N) is 1. The molecule has 0 aliphatic rings. The van der Waals surface area contributed by atoms with Crippen LogP contribution in [0.4, 0.5) is 0 Å². The van der Waals surface area contributed by atoms with Gasteiger partial charge in [-0.2, -0.15) is 0 Å². The van der Waals surface area contributed by atoms with Gasteiger partial charge in [-0.25, -0.2) is 0 Å². The Kier molecular flexibility index (Phi) is 5.06. The maximum absolute atomic E-state index is 11.0. The maximum Gasteiger partial charge on any atom is 0.308 e. The number of likely N-dealkylation sites (N-methyl/N-ethyl adjacent to an activating group) is 1. The number of amides is 1. The number of carbonyl (C=O) groups is 2. The van der Waals surface area contributed by atoms with Gasteiger partial charge in [0.05, 0.1) is 12.5 Å². The highest BCUT2D eigenvalue weighted by Gasteiger charge is 2.11. The standard InChI is InChI=1S/C8H16N2O3/c1-6(8(12)13)4-9-7(11)5-10(2)3/h6H,4-5H2,1-3H3,(H,9,11)(H,12,13). The van der Waals surface area contributed by atoms with E-state index in [0.29, 0.717) is 0 Å². The molecule has 0 heterocycles. The van der Waals surface area contributed by atoms with Gasteiger partial charge in [-0.1, -0.05) is 6.92 Å². The number of aliphatic carboxylic acids is 1. The highest BCUT2D eigenvalue weighted by atomic mass is 16.4. The molecular weight excluding hydrogens is 172 g/mol. The summed E-state index contributed by atoms with van der Waals surface area (Å²) in [4.78, 5) is 23.1. The van der Waals surface area contributed by atoms with Gasteiger partial charge in [-0.3, -0.25) is 9.59 Å². The van der Waals surface area contributed by atoms with Crippen molar-refractivity contribution in [3.8, 4) is 0 Å². The second kappa shape index (κ2) is 5.53. The van der Waals surface area contributed by atoms with Crippen LogP contribution < -0.4 is 5.32 Å². The number of nitrogens with zero attached hydrogens (tertiary/aromatic N) is 1. The largest absolute Gasteiger partial charge is 0.481 e. The Morgan fingerprint density at radius 1 is 1.46 bits per heavy atom. The smallest absolute Gasteiger partial charge is 0.308 e. The Bertz CT molecular complexity index is 192. The van der Waals surface area contributed by atoms with Crippen LogP contribution in [0.5, 0.6) is 0 Å². The van der Waals surface area contributed by atoms with Gasteiger partial charge < -0.3 is 15.3 Å². The van der Waals surface area contributed by atoms with E-state index in [4.69, 9.17) is 5.11 Å². The van der Waals surface area contributed by atoms with Crippen LogP contribution in [0.25, 0.3) is 0 Å². The monoisotopic (exact) mass is 188 g/mol. The first-order valence-electron chi connectivity index (χ1n) is 4.07. The van der Waals surface area contributed by atoms with Gasteiger partial charge >= 0.3 is 5.97 Å². The fraction of sp³-hybridized carbons (Fsp3) is 0.750. The third-order valence-electron chi connectivity index (χ3n) is 1.49. The predicted octanol–water partition coefficient (Wildman–Crippen LogP) is -0.615. The van der Waals surface area contributed by atoms with Crippen molar-refractivity contribution < 1.29 is 14.7 Å². The van der Waals surface area contributed by atoms with Crippen LogP contribution in [0.15, 0.2) is 0 Å². The number of hydrogen-bond donors (Lipinski definition) is 2. The van der Waals surface area contributed by atoms with Crippen molar-refractivity contribution in [1.29, 1.82) is 0 Å². The molecule has 0 aromatic heterocycles. The van der Waals surface area contributed by atoms with Crippen LogP contribution in [0.1, 0.15) is 6.92 Å². The first-order chi connectivity index (χ1) is 5.93. The average molecular weight is 188 g/mol. The van der Waals surface area contributed by atoms with Gasteiger partial charge in [0, 0.05) is 6.54 Å². The van der Waals surface area contributed by atoms with E-state index in [1.165, 1.54) is 0 Å². The third kappa shape index (κ3) is 6.10. The molecule has 5 nitrogen and oxygen atoms in total. The molecule has 0 aromatic carbocycles. The van der Waals surface area contributed by atoms with Crippen LogP contribution in [0.2, 0.25) is 0 Å². The van der Waals surface area contributed by atoms with E-state index in [0.717, 1.165) is 0 Å². The van der Waals surface area contributed by atoms with Gasteiger partial charge in [0.25, 0.3) is 0 Å². The Balaban J connectivity index is 3.64. The number of carbonyl (C=O) groups excluding carboxylic acids is 1. The number of carboxylic acids is 1. The molecule has 0 aliphatic carbocycles. The molecule has 1 unspecified atom stereocenters. The zero-order chi connectivity index (χ0) is 10.4. The third-order valence-corrected chi connectivity index (χ3v) is 1.49. The minimum Gasteiger partial charge on any atom is -0.481 e. The van der Waals surface area contributed by atoms with E-state index in [9.17, 15) is 9.59 Å². The lowest BCUT2D eigenvalue weighted by molar-refractivity contribution is -0.141. The molecule has 76 valence electrons. The Labute approximate surface area is 77.7 Å². The summed E-state index contributed by atoms with van der Waals surface area (Å²) in [6.07, 6.45) is 0. The van der Waals surface area contributed by atoms with Crippen molar-refractivity contribution in [2.45, 2.75) is 6.92 Å². The summed E-state index contributed by atoms with van der Waals surface area (Å²) >= 11 is 0. The first-order valence-corrected chi connectivity index (χ1v) is 4.07. The molecule has 0 aliphatic heterocycles. The molecule has 0 spiro atoms. The first kappa shape index (κ1) is 11.9. The molecular formula is C8H16N2O3. The van der Waals surface area contributed by atoms with Crippen LogP contribution in [-0.4, -0.2) is 49.1 Å². The highest BCUT2D eigenvalue weighted by Crippen LogP contribution is 1.90. The lowest BCUT2D eigenvalue weighted by Crippen LogP contribution is -2.37. The minimum atomic E-state index is -0.898. The fourth-order valence-corrected chi connectivity index (χ4v) is 0.697. The van der Waals surface area contributed by atoms with Crippen molar-refractivity contribution in [2.75, 3.05) is 27.2 Å². The molecule has 0 saturated carbocycles. The quantitative estimate of drug-likeness (QED) is 0.603. The van der Waals surface area contributed by atoms with Crippen molar-refractivity contribution in [3.05, 3.63) is 0 Å². The second-order valence-corrected chi connectivity index (χ2v) is 3.28. The van der Waals surface area contributed by atoms with E-state index in [-0.39, 0.29) is 19.0 Å². The predicted molar refractivity (Wildman–Crippen MR) is 48.4 cm³/mol.